The second-order valence-electron chi connectivity index (χ2n) is 5.04. The van der Waals surface area contributed by atoms with Crippen LogP contribution in [0.25, 0.3) is 10.2 Å². The summed E-state index contributed by atoms with van der Waals surface area (Å²) in [7, 11) is 3.36. The van der Waals surface area contributed by atoms with Crippen molar-refractivity contribution in [3.05, 3.63) is 29.3 Å². The van der Waals surface area contributed by atoms with Gasteiger partial charge < -0.3 is 10.1 Å². The van der Waals surface area contributed by atoms with E-state index in [0.717, 1.165) is 15.2 Å². The molecule has 7 nitrogen and oxygen atoms in total. The van der Waals surface area contributed by atoms with Gasteiger partial charge in [0, 0.05) is 13.7 Å². The van der Waals surface area contributed by atoms with Crippen LogP contribution in [0.15, 0.2) is 24.3 Å². The van der Waals surface area contributed by atoms with Crippen LogP contribution in [0.2, 0.25) is 0 Å². The van der Waals surface area contributed by atoms with Gasteiger partial charge in [0.05, 0.1) is 29.9 Å². The molecule has 0 unspecified atom stereocenters. The molecule has 0 aliphatic carbocycles. The number of imide groups is 1. The number of carbonyl (C=O) groups excluding carboxylic acids is 2. The SMILES string of the molecule is COCCNC(=O)NC(=O)CN(C)Cc1nc2ccccc2s1. The molecular weight excluding hydrogens is 316 g/mol. The summed E-state index contributed by atoms with van der Waals surface area (Å²) >= 11 is 1.60. The second-order valence-corrected chi connectivity index (χ2v) is 6.16. The van der Waals surface area contributed by atoms with Crippen molar-refractivity contribution in [2.75, 3.05) is 33.9 Å². The zero-order valence-electron chi connectivity index (χ0n) is 13.2. The highest BCUT2D eigenvalue weighted by Gasteiger charge is 2.12. The predicted molar refractivity (Wildman–Crippen MR) is 89.4 cm³/mol. The number of hydrogen-bond acceptors (Lipinski definition) is 6. The Hall–Kier alpha value is -2.03. The maximum Gasteiger partial charge on any atom is 0.321 e. The molecule has 1 heterocycles. The fraction of sp³-hybridized carbons (Fsp3) is 0.400. The van der Waals surface area contributed by atoms with Gasteiger partial charge in [-0.15, -0.1) is 11.3 Å². The zero-order valence-corrected chi connectivity index (χ0v) is 14.0. The van der Waals surface area contributed by atoms with Crippen LogP contribution in [0.3, 0.4) is 0 Å². The number of benzene rings is 1. The van der Waals surface area contributed by atoms with E-state index in [9.17, 15) is 9.59 Å². The van der Waals surface area contributed by atoms with E-state index in [2.05, 4.69) is 15.6 Å². The van der Waals surface area contributed by atoms with Crippen molar-refractivity contribution in [2.45, 2.75) is 6.54 Å². The Bertz CT molecular complexity index is 641. The quantitative estimate of drug-likeness (QED) is 0.742. The molecule has 2 N–H and O–H groups in total. The molecular formula is C15H20N4O3S. The maximum absolute atomic E-state index is 11.8. The molecule has 0 bridgehead atoms. The monoisotopic (exact) mass is 336 g/mol. The van der Waals surface area contributed by atoms with Gasteiger partial charge >= 0.3 is 6.03 Å². The Morgan fingerprint density at radius 1 is 1.35 bits per heavy atom. The Kier molecular flexibility index (Phi) is 6.45. The number of rotatable bonds is 7. The van der Waals surface area contributed by atoms with Crippen molar-refractivity contribution in [2.24, 2.45) is 0 Å². The molecule has 0 aliphatic heterocycles. The van der Waals surface area contributed by atoms with E-state index in [4.69, 9.17) is 4.74 Å². The molecule has 0 radical (unpaired) electrons. The van der Waals surface area contributed by atoms with Crippen LogP contribution in [0.5, 0.6) is 0 Å². The molecule has 8 heteroatoms. The van der Waals surface area contributed by atoms with E-state index < -0.39 is 6.03 Å². The Labute approximate surface area is 138 Å². The molecule has 1 aromatic carbocycles. The number of urea groups is 1. The third-order valence-electron chi connectivity index (χ3n) is 3.00. The number of fused-ring (bicyclic) bond motifs is 1. The molecule has 0 fully saturated rings. The first-order chi connectivity index (χ1) is 11.1. The lowest BCUT2D eigenvalue weighted by Crippen LogP contribution is -2.44. The number of para-hydroxylation sites is 1. The van der Waals surface area contributed by atoms with E-state index in [-0.39, 0.29) is 12.5 Å². The summed E-state index contributed by atoms with van der Waals surface area (Å²) in [6.45, 7) is 1.43. The minimum absolute atomic E-state index is 0.119. The van der Waals surface area contributed by atoms with Crippen molar-refractivity contribution < 1.29 is 14.3 Å². The molecule has 0 spiro atoms. The minimum Gasteiger partial charge on any atom is -0.383 e. The zero-order chi connectivity index (χ0) is 16.7. The number of methoxy groups -OCH3 is 1. The number of thiazole rings is 1. The number of likely N-dealkylation sites (N-methyl/N-ethyl adjacent to an activating group) is 1. The summed E-state index contributed by atoms with van der Waals surface area (Å²) in [6, 6.07) is 7.40. The van der Waals surface area contributed by atoms with Crippen molar-refractivity contribution in [3.8, 4) is 0 Å². The highest BCUT2D eigenvalue weighted by Crippen LogP contribution is 2.22. The standard InChI is InChI=1S/C15H20N4O3S/c1-19(9-13(20)18-15(21)16-7-8-22-2)10-14-17-11-5-3-4-6-12(11)23-14/h3-6H,7-10H2,1-2H3,(H2,16,18,20,21). The Balaban J connectivity index is 1.78. The number of nitrogens with zero attached hydrogens (tertiary/aromatic N) is 2. The fourth-order valence-electron chi connectivity index (χ4n) is 2.00. The molecule has 124 valence electrons. The number of nitrogens with one attached hydrogen (secondary N) is 2. The number of hydrogen-bond donors (Lipinski definition) is 2. The van der Waals surface area contributed by atoms with Gasteiger partial charge in [0.2, 0.25) is 5.91 Å². The largest absolute Gasteiger partial charge is 0.383 e. The second kappa shape index (κ2) is 8.56. The predicted octanol–water partition coefficient (Wildman–Crippen LogP) is 1.20. The molecule has 3 amide bonds. The van der Waals surface area contributed by atoms with Crippen LogP contribution in [0.1, 0.15) is 5.01 Å². The first-order valence-electron chi connectivity index (χ1n) is 7.18. The van der Waals surface area contributed by atoms with Gasteiger partial charge in [-0.25, -0.2) is 9.78 Å². The Morgan fingerprint density at radius 2 is 2.13 bits per heavy atom. The smallest absolute Gasteiger partial charge is 0.321 e. The van der Waals surface area contributed by atoms with Gasteiger partial charge in [0.25, 0.3) is 0 Å². The number of aromatic nitrogens is 1. The minimum atomic E-state index is -0.513. The number of amides is 3. The summed E-state index contributed by atoms with van der Waals surface area (Å²) in [5, 5.41) is 5.75. The summed E-state index contributed by atoms with van der Waals surface area (Å²) in [6.07, 6.45) is 0. The van der Waals surface area contributed by atoms with Crippen LogP contribution in [-0.2, 0) is 16.1 Å². The average Bonchev–Trinajstić information content (AvgIpc) is 2.88. The van der Waals surface area contributed by atoms with Crippen molar-refractivity contribution in [1.82, 2.24) is 20.5 Å². The molecule has 1 aromatic heterocycles. The molecule has 0 saturated carbocycles. The molecule has 0 aliphatic rings. The third kappa shape index (κ3) is 5.59. The van der Waals surface area contributed by atoms with Crippen LogP contribution < -0.4 is 10.6 Å². The lowest BCUT2D eigenvalue weighted by atomic mass is 10.3. The molecule has 23 heavy (non-hydrogen) atoms. The summed E-state index contributed by atoms with van der Waals surface area (Å²) in [5.74, 6) is -0.358. The van der Waals surface area contributed by atoms with Crippen LogP contribution >= 0.6 is 11.3 Å². The van der Waals surface area contributed by atoms with Crippen molar-refractivity contribution >= 4 is 33.5 Å². The highest BCUT2D eigenvalue weighted by molar-refractivity contribution is 7.18. The van der Waals surface area contributed by atoms with Crippen LogP contribution in [-0.4, -0.2) is 55.7 Å². The van der Waals surface area contributed by atoms with Crippen LogP contribution in [0.4, 0.5) is 4.79 Å². The van der Waals surface area contributed by atoms with E-state index in [1.165, 1.54) is 0 Å². The third-order valence-corrected chi connectivity index (χ3v) is 4.02. The summed E-state index contributed by atoms with van der Waals surface area (Å²) < 4.78 is 5.93. The molecule has 2 aromatic rings. The molecule has 0 saturated heterocycles. The molecule has 0 atom stereocenters. The van der Waals surface area contributed by atoms with E-state index in [1.54, 1.807) is 18.4 Å². The first-order valence-corrected chi connectivity index (χ1v) is 7.99. The normalized spacial score (nSPS) is 10.9. The van der Waals surface area contributed by atoms with Gasteiger partial charge in [0.15, 0.2) is 0 Å². The first kappa shape index (κ1) is 17.3. The maximum atomic E-state index is 11.8. The number of carbonyl (C=O) groups is 2. The van der Waals surface area contributed by atoms with E-state index >= 15 is 0 Å². The fourth-order valence-corrected chi connectivity index (χ4v) is 3.04. The topological polar surface area (TPSA) is 83.6 Å². The molecule has 2 rings (SSSR count). The lowest BCUT2D eigenvalue weighted by molar-refractivity contribution is -0.120. The van der Waals surface area contributed by atoms with Gasteiger partial charge in [0.1, 0.15) is 5.01 Å². The van der Waals surface area contributed by atoms with Gasteiger partial charge in [-0.2, -0.15) is 0 Å². The lowest BCUT2D eigenvalue weighted by Gasteiger charge is -2.14. The van der Waals surface area contributed by atoms with Gasteiger partial charge in [-0.1, -0.05) is 12.1 Å². The van der Waals surface area contributed by atoms with Crippen molar-refractivity contribution in [1.29, 1.82) is 0 Å². The number of ether oxygens (including phenoxy) is 1. The van der Waals surface area contributed by atoms with E-state index in [0.29, 0.717) is 19.7 Å². The van der Waals surface area contributed by atoms with Crippen molar-refractivity contribution in [3.63, 3.8) is 0 Å². The summed E-state index contributed by atoms with van der Waals surface area (Å²) in [4.78, 5) is 29.6. The van der Waals surface area contributed by atoms with E-state index in [1.807, 2.05) is 36.2 Å². The van der Waals surface area contributed by atoms with Crippen LogP contribution in [0, 0.1) is 0 Å². The van der Waals surface area contributed by atoms with Gasteiger partial charge in [-0.3, -0.25) is 15.0 Å². The summed E-state index contributed by atoms with van der Waals surface area (Å²) in [5.41, 5.74) is 0.961. The van der Waals surface area contributed by atoms with Gasteiger partial charge in [-0.05, 0) is 19.2 Å². The Morgan fingerprint density at radius 3 is 2.87 bits per heavy atom. The average molecular weight is 336 g/mol. The highest BCUT2D eigenvalue weighted by atomic mass is 32.1.